The average Bonchev–Trinajstić information content (AvgIpc) is 2.98. The molecule has 3 rings (SSSR count). The van der Waals surface area contributed by atoms with Crippen molar-refractivity contribution in [1.82, 2.24) is 9.80 Å². The van der Waals surface area contributed by atoms with Crippen LogP contribution in [0, 0.1) is 24.1 Å². The second-order valence-corrected chi connectivity index (χ2v) is 6.42. The molecule has 1 aromatic carbocycles. The molecule has 126 valence electrons. The summed E-state index contributed by atoms with van der Waals surface area (Å²) in [5.74, 6) is 0.572. The minimum Gasteiger partial charge on any atom is -0.379 e. The van der Waals surface area contributed by atoms with Crippen molar-refractivity contribution < 1.29 is 13.5 Å². The van der Waals surface area contributed by atoms with Crippen LogP contribution in [-0.2, 0) is 4.74 Å². The van der Waals surface area contributed by atoms with E-state index in [9.17, 15) is 8.78 Å². The maximum Gasteiger partial charge on any atom is 0.128 e. The number of morpholine rings is 1. The lowest BCUT2D eigenvalue weighted by Crippen LogP contribution is -2.37. The lowest BCUT2D eigenvalue weighted by molar-refractivity contribution is 0.0507. The van der Waals surface area contributed by atoms with Gasteiger partial charge in [-0.2, -0.15) is 0 Å². The standard InChI is InChI=1S/C18H24F2N2O/c1-14(12-21-7-9-23-10-8-21)13-22-6-2-3-18(22)16-11-15(19)4-5-17(16)20/h4-5,11-12,18H,2-3,6-10,13H2,1H3/t18-/m1/s1. The minimum atomic E-state index is -0.367. The summed E-state index contributed by atoms with van der Waals surface area (Å²) in [6, 6.07) is 3.73. The van der Waals surface area contributed by atoms with E-state index in [1.807, 2.05) is 0 Å². The average molecular weight is 322 g/mol. The first-order chi connectivity index (χ1) is 11.1. The van der Waals surface area contributed by atoms with Crippen LogP contribution in [0.2, 0.25) is 0 Å². The van der Waals surface area contributed by atoms with Gasteiger partial charge >= 0.3 is 0 Å². The molecule has 2 saturated heterocycles. The number of ether oxygens (including phenoxy) is 1. The van der Waals surface area contributed by atoms with Gasteiger partial charge in [0.2, 0.25) is 0 Å². The van der Waals surface area contributed by atoms with E-state index >= 15 is 0 Å². The van der Waals surface area contributed by atoms with Crippen LogP contribution in [0.5, 0.6) is 0 Å². The summed E-state index contributed by atoms with van der Waals surface area (Å²) in [5.41, 5.74) is 0.488. The van der Waals surface area contributed by atoms with E-state index in [4.69, 9.17) is 4.74 Å². The number of hydrogen-bond donors (Lipinski definition) is 0. The third-order valence-corrected chi connectivity index (χ3v) is 4.58. The predicted molar refractivity (Wildman–Crippen MR) is 85.5 cm³/mol. The monoisotopic (exact) mass is 322 g/mol. The molecule has 0 bridgehead atoms. The second kappa shape index (κ2) is 7.69. The smallest absolute Gasteiger partial charge is 0.128 e. The van der Waals surface area contributed by atoms with E-state index in [1.54, 1.807) is 0 Å². The molecule has 0 saturated carbocycles. The highest BCUT2D eigenvalue weighted by Crippen LogP contribution is 2.34. The first-order valence-corrected chi connectivity index (χ1v) is 8.31. The van der Waals surface area contributed by atoms with Crippen molar-refractivity contribution in [2.24, 2.45) is 0 Å². The Morgan fingerprint density at radius 3 is 2.83 bits per heavy atom. The van der Waals surface area contributed by atoms with E-state index < -0.39 is 0 Å². The van der Waals surface area contributed by atoms with E-state index in [-0.39, 0.29) is 17.7 Å². The highest BCUT2D eigenvalue weighted by atomic mass is 19.1. The molecule has 0 aliphatic carbocycles. The molecule has 0 N–H and O–H groups in total. The fraction of sp³-hybridized carbons (Fsp3) is 0.556. The number of rotatable bonds is 5. The maximum atomic E-state index is 14.1. The Bertz CT molecular complexity index is 520. The summed E-state index contributed by atoms with van der Waals surface area (Å²) in [6.07, 6.45) is 1.90. The Morgan fingerprint density at radius 1 is 1.26 bits per heavy atom. The molecule has 0 aromatic heterocycles. The van der Waals surface area contributed by atoms with Gasteiger partial charge in [-0.3, -0.25) is 9.80 Å². The summed E-state index contributed by atoms with van der Waals surface area (Å²) in [7, 11) is 0. The molecule has 2 aliphatic heterocycles. The fourth-order valence-corrected chi connectivity index (χ4v) is 3.52. The van der Waals surface area contributed by atoms with Gasteiger partial charge in [-0.1, -0.05) is 6.92 Å². The lowest BCUT2D eigenvalue weighted by atomic mass is 10.0. The van der Waals surface area contributed by atoms with Crippen molar-refractivity contribution in [3.63, 3.8) is 0 Å². The van der Waals surface area contributed by atoms with Crippen LogP contribution in [0.4, 0.5) is 8.78 Å². The third-order valence-electron chi connectivity index (χ3n) is 4.58. The van der Waals surface area contributed by atoms with Crippen molar-refractivity contribution in [3.8, 4) is 0 Å². The van der Waals surface area contributed by atoms with Crippen molar-refractivity contribution in [3.05, 3.63) is 47.9 Å². The fourth-order valence-electron chi connectivity index (χ4n) is 3.52. The topological polar surface area (TPSA) is 15.7 Å². The van der Waals surface area contributed by atoms with Crippen LogP contribution in [0.15, 0.2) is 18.2 Å². The summed E-state index contributed by atoms with van der Waals surface area (Å²) < 4.78 is 32.9. The van der Waals surface area contributed by atoms with Gasteiger partial charge in [0.1, 0.15) is 11.6 Å². The van der Waals surface area contributed by atoms with Crippen LogP contribution >= 0.6 is 0 Å². The lowest BCUT2D eigenvalue weighted by Gasteiger charge is -2.32. The van der Waals surface area contributed by atoms with Gasteiger partial charge in [-0.25, -0.2) is 8.78 Å². The Morgan fingerprint density at radius 2 is 2.04 bits per heavy atom. The van der Waals surface area contributed by atoms with Crippen LogP contribution in [0.3, 0.4) is 0 Å². The van der Waals surface area contributed by atoms with Crippen LogP contribution < -0.4 is 0 Å². The van der Waals surface area contributed by atoms with E-state index in [0.29, 0.717) is 5.56 Å². The molecular formula is C18H24F2N2O. The number of halogens is 2. The summed E-state index contributed by atoms with van der Waals surface area (Å²) in [5, 5.41) is 0. The highest BCUT2D eigenvalue weighted by molar-refractivity contribution is 5.24. The molecule has 1 aromatic rings. The molecule has 2 heterocycles. The SMILES string of the molecule is C[C]([CH]N1CCOCC1)CN1CCC[C@@H]1c1cc(F)ccc1F. The van der Waals surface area contributed by atoms with Gasteiger partial charge < -0.3 is 4.74 Å². The van der Waals surface area contributed by atoms with E-state index in [0.717, 1.165) is 52.2 Å². The molecule has 0 spiro atoms. The second-order valence-electron chi connectivity index (χ2n) is 6.42. The molecule has 2 fully saturated rings. The predicted octanol–water partition coefficient (Wildman–Crippen LogP) is 3.19. The molecule has 1 atom stereocenters. The zero-order chi connectivity index (χ0) is 16.2. The van der Waals surface area contributed by atoms with Crippen molar-refractivity contribution in [1.29, 1.82) is 0 Å². The van der Waals surface area contributed by atoms with Gasteiger partial charge in [-0.15, -0.1) is 0 Å². The van der Waals surface area contributed by atoms with Gasteiger partial charge in [0, 0.05) is 43.7 Å². The largest absolute Gasteiger partial charge is 0.379 e. The molecule has 0 amide bonds. The summed E-state index contributed by atoms with van der Waals surface area (Å²) in [4.78, 5) is 4.52. The molecule has 5 heteroatoms. The number of likely N-dealkylation sites (tertiary alicyclic amines) is 1. The molecule has 2 aliphatic rings. The Labute approximate surface area is 137 Å². The number of hydrogen-bond acceptors (Lipinski definition) is 3. The Hall–Kier alpha value is -1.04. The Balaban J connectivity index is 1.61. The zero-order valence-electron chi connectivity index (χ0n) is 13.6. The maximum absolute atomic E-state index is 14.1. The summed E-state index contributed by atoms with van der Waals surface area (Å²) in [6.45, 7) is 9.37. The van der Waals surface area contributed by atoms with Gasteiger partial charge in [0.25, 0.3) is 0 Å². The molecule has 23 heavy (non-hydrogen) atoms. The van der Waals surface area contributed by atoms with E-state index in [1.165, 1.54) is 24.1 Å². The zero-order valence-corrected chi connectivity index (χ0v) is 13.6. The van der Waals surface area contributed by atoms with Gasteiger partial charge in [-0.05, 0) is 37.6 Å². The van der Waals surface area contributed by atoms with Crippen molar-refractivity contribution >= 4 is 0 Å². The molecule has 0 unspecified atom stereocenters. The van der Waals surface area contributed by atoms with Gasteiger partial charge in [0.05, 0.1) is 13.2 Å². The minimum absolute atomic E-state index is 0.0289. The normalized spacial score (nSPS) is 23.7. The van der Waals surface area contributed by atoms with Crippen LogP contribution in [0.25, 0.3) is 0 Å². The third kappa shape index (κ3) is 4.28. The quantitative estimate of drug-likeness (QED) is 0.828. The molecule has 2 radical (unpaired) electrons. The van der Waals surface area contributed by atoms with Gasteiger partial charge in [0.15, 0.2) is 0 Å². The summed E-state index contributed by atoms with van der Waals surface area (Å²) >= 11 is 0. The molecular weight excluding hydrogens is 298 g/mol. The number of benzene rings is 1. The van der Waals surface area contributed by atoms with Crippen molar-refractivity contribution in [2.45, 2.75) is 25.8 Å². The van der Waals surface area contributed by atoms with Crippen molar-refractivity contribution in [2.75, 3.05) is 39.4 Å². The first kappa shape index (κ1) is 16.8. The van der Waals surface area contributed by atoms with E-state index in [2.05, 4.69) is 23.3 Å². The first-order valence-electron chi connectivity index (χ1n) is 8.31. The Kier molecular flexibility index (Phi) is 5.62. The van der Waals surface area contributed by atoms with Crippen LogP contribution in [0.1, 0.15) is 31.4 Å². The molecule has 3 nitrogen and oxygen atoms in total. The number of nitrogens with zero attached hydrogens (tertiary/aromatic N) is 2. The highest BCUT2D eigenvalue weighted by Gasteiger charge is 2.30. The van der Waals surface area contributed by atoms with Crippen LogP contribution in [-0.4, -0.2) is 49.2 Å².